The molecule has 0 amide bonds. The Morgan fingerprint density at radius 2 is 2.00 bits per heavy atom. The lowest BCUT2D eigenvalue weighted by atomic mass is 10.2. The highest BCUT2D eigenvalue weighted by Crippen LogP contribution is 2.31. The molecule has 0 unspecified atom stereocenters. The number of hydrogen-bond donors (Lipinski definition) is 2. The van der Waals surface area contributed by atoms with E-state index < -0.39 is 11.7 Å². The Labute approximate surface area is 127 Å². The van der Waals surface area contributed by atoms with E-state index in [2.05, 4.69) is 19.9 Å². The van der Waals surface area contributed by atoms with E-state index in [0.717, 1.165) is 12.1 Å². The fourth-order valence-electron chi connectivity index (χ4n) is 1.85. The first kappa shape index (κ1) is 14.6. The number of alkyl halides is 3. The summed E-state index contributed by atoms with van der Waals surface area (Å²) in [5.41, 5.74) is 5.66. The maximum atomic E-state index is 12.7. The zero-order chi connectivity index (χ0) is 15.7. The number of thioether (sulfide) groups is 1. The third kappa shape index (κ3) is 3.14. The molecule has 0 radical (unpaired) electrons. The molecule has 3 aromatic rings. The highest BCUT2D eigenvalue weighted by Gasteiger charge is 2.30. The van der Waals surface area contributed by atoms with Crippen molar-refractivity contribution < 1.29 is 13.2 Å². The second-order valence-electron chi connectivity index (χ2n) is 4.46. The van der Waals surface area contributed by atoms with Crippen LogP contribution in [0.25, 0.3) is 11.0 Å². The predicted molar refractivity (Wildman–Crippen MR) is 77.1 cm³/mol. The summed E-state index contributed by atoms with van der Waals surface area (Å²) in [5, 5.41) is 0.500. The number of fused-ring (bicyclic) bond motifs is 1. The van der Waals surface area contributed by atoms with Gasteiger partial charge in [-0.1, -0.05) is 11.8 Å². The fourth-order valence-corrected chi connectivity index (χ4v) is 2.60. The van der Waals surface area contributed by atoms with Crippen LogP contribution >= 0.6 is 11.8 Å². The zero-order valence-corrected chi connectivity index (χ0v) is 11.9. The number of aromatic amines is 1. The molecule has 0 aliphatic rings. The normalized spacial score (nSPS) is 12.0. The molecule has 0 bridgehead atoms. The summed E-state index contributed by atoms with van der Waals surface area (Å²) < 4.78 is 38.0. The van der Waals surface area contributed by atoms with Gasteiger partial charge in [0.1, 0.15) is 11.6 Å². The van der Waals surface area contributed by atoms with Crippen molar-refractivity contribution in [2.75, 3.05) is 5.73 Å². The molecule has 9 heteroatoms. The van der Waals surface area contributed by atoms with Gasteiger partial charge in [0.05, 0.1) is 22.3 Å². The van der Waals surface area contributed by atoms with E-state index in [4.69, 9.17) is 5.73 Å². The van der Waals surface area contributed by atoms with Crippen molar-refractivity contribution in [3.8, 4) is 0 Å². The number of nitrogens with zero attached hydrogens (tertiary/aromatic N) is 3. The van der Waals surface area contributed by atoms with Crippen molar-refractivity contribution in [2.24, 2.45) is 0 Å². The largest absolute Gasteiger partial charge is 0.416 e. The maximum Gasteiger partial charge on any atom is 0.416 e. The Hall–Kier alpha value is -2.29. The van der Waals surface area contributed by atoms with E-state index in [1.807, 2.05) is 0 Å². The van der Waals surface area contributed by atoms with Gasteiger partial charge in [0, 0.05) is 6.20 Å². The number of hydrogen-bond acceptors (Lipinski definition) is 5. The Morgan fingerprint density at radius 1 is 1.18 bits per heavy atom. The number of aromatic nitrogens is 4. The fraction of sp³-hybridized carbons (Fsp3) is 0.154. The molecule has 5 nitrogen and oxygen atoms in total. The third-order valence-corrected chi connectivity index (χ3v) is 3.72. The monoisotopic (exact) mass is 325 g/mol. The molecule has 22 heavy (non-hydrogen) atoms. The lowest BCUT2D eigenvalue weighted by Crippen LogP contribution is -2.04. The van der Waals surface area contributed by atoms with Crippen molar-refractivity contribution in [3.05, 3.63) is 41.9 Å². The van der Waals surface area contributed by atoms with E-state index in [1.54, 1.807) is 12.3 Å². The number of nitrogens with one attached hydrogen (secondary N) is 1. The number of anilines is 1. The third-order valence-electron chi connectivity index (χ3n) is 2.85. The van der Waals surface area contributed by atoms with Crippen LogP contribution < -0.4 is 5.73 Å². The first-order valence-corrected chi connectivity index (χ1v) is 7.17. The maximum absolute atomic E-state index is 12.7. The molecule has 0 atom stereocenters. The number of imidazole rings is 1. The molecule has 0 fully saturated rings. The molecule has 0 saturated carbocycles. The Kier molecular flexibility index (Phi) is 3.65. The number of rotatable bonds is 3. The van der Waals surface area contributed by atoms with E-state index in [1.165, 1.54) is 17.8 Å². The minimum absolute atomic E-state index is 0.339. The summed E-state index contributed by atoms with van der Waals surface area (Å²) in [6, 6.07) is 4.98. The highest BCUT2D eigenvalue weighted by molar-refractivity contribution is 7.98. The van der Waals surface area contributed by atoms with E-state index in [0.29, 0.717) is 33.6 Å². The number of halogens is 3. The molecule has 2 heterocycles. The summed E-state index contributed by atoms with van der Waals surface area (Å²) in [5.74, 6) is 1.31. The van der Waals surface area contributed by atoms with Crippen molar-refractivity contribution in [3.63, 3.8) is 0 Å². The molecule has 1 aromatic carbocycles. The second kappa shape index (κ2) is 5.48. The SMILES string of the molecule is Nc1ccnc(CSc2nc3ccc(C(F)(F)F)cc3[nH]2)n1. The molecular formula is C13H10F3N5S. The van der Waals surface area contributed by atoms with Crippen molar-refractivity contribution >= 4 is 28.6 Å². The van der Waals surface area contributed by atoms with Gasteiger partial charge in [0.15, 0.2) is 5.16 Å². The molecule has 0 spiro atoms. The number of H-pyrrole nitrogens is 1. The van der Waals surface area contributed by atoms with Gasteiger partial charge in [-0.25, -0.2) is 15.0 Å². The highest BCUT2D eigenvalue weighted by atomic mass is 32.2. The smallest absolute Gasteiger partial charge is 0.384 e. The van der Waals surface area contributed by atoms with Gasteiger partial charge in [0.25, 0.3) is 0 Å². The van der Waals surface area contributed by atoms with E-state index in [9.17, 15) is 13.2 Å². The van der Waals surface area contributed by atoms with Gasteiger partial charge in [-0.15, -0.1) is 0 Å². The Balaban J connectivity index is 1.80. The molecule has 0 saturated heterocycles. The topological polar surface area (TPSA) is 80.5 Å². The number of benzene rings is 1. The van der Waals surface area contributed by atoms with Crippen LogP contribution in [0.15, 0.2) is 35.6 Å². The van der Waals surface area contributed by atoms with Crippen LogP contribution in [-0.4, -0.2) is 19.9 Å². The predicted octanol–water partition coefficient (Wildman–Crippen LogP) is 3.25. The van der Waals surface area contributed by atoms with Crippen LogP contribution in [0, 0.1) is 0 Å². The van der Waals surface area contributed by atoms with Gasteiger partial charge >= 0.3 is 6.18 Å². The summed E-state index contributed by atoms with van der Waals surface area (Å²) in [6.45, 7) is 0. The first-order chi connectivity index (χ1) is 10.4. The molecule has 114 valence electrons. The van der Waals surface area contributed by atoms with Crippen molar-refractivity contribution in [2.45, 2.75) is 17.1 Å². The molecule has 3 rings (SSSR count). The Bertz CT molecular complexity index is 815. The van der Waals surface area contributed by atoms with Gasteiger partial charge in [-0.3, -0.25) is 0 Å². The first-order valence-electron chi connectivity index (χ1n) is 6.19. The van der Waals surface area contributed by atoms with E-state index >= 15 is 0 Å². The molecule has 2 aromatic heterocycles. The van der Waals surface area contributed by atoms with Crippen LogP contribution in [0.2, 0.25) is 0 Å². The average molecular weight is 325 g/mol. The summed E-state index contributed by atoms with van der Waals surface area (Å²) in [4.78, 5) is 15.2. The van der Waals surface area contributed by atoms with Crippen molar-refractivity contribution in [1.29, 1.82) is 0 Å². The van der Waals surface area contributed by atoms with Crippen LogP contribution in [0.5, 0.6) is 0 Å². The lowest BCUT2D eigenvalue weighted by Gasteiger charge is -2.05. The molecule has 0 aliphatic heterocycles. The molecular weight excluding hydrogens is 315 g/mol. The standard InChI is InChI=1S/C13H10F3N5S/c14-13(15,16)7-1-2-8-9(5-7)20-12(19-8)22-6-11-18-4-3-10(17)21-11/h1-5H,6H2,(H,19,20)(H2,17,18,21). The van der Waals surface area contributed by atoms with Crippen LogP contribution in [-0.2, 0) is 11.9 Å². The quantitative estimate of drug-likeness (QED) is 0.723. The number of nitrogens with two attached hydrogens (primary N) is 1. The Morgan fingerprint density at radius 3 is 2.73 bits per heavy atom. The lowest BCUT2D eigenvalue weighted by molar-refractivity contribution is -0.137. The minimum atomic E-state index is -4.37. The van der Waals surface area contributed by atoms with Crippen molar-refractivity contribution in [1.82, 2.24) is 19.9 Å². The summed E-state index contributed by atoms with van der Waals surface area (Å²) in [7, 11) is 0. The summed E-state index contributed by atoms with van der Waals surface area (Å²) in [6.07, 6.45) is -2.82. The van der Waals surface area contributed by atoms with Gasteiger partial charge in [-0.2, -0.15) is 13.2 Å². The van der Waals surface area contributed by atoms with Gasteiger partial charge < -0.3 is 10.7 Å². The van der Waals surface area contributed by atoms with Crippen LogP contribution in [0.1, 0.15) is 11.4 Å². The zero-order valence-electron chi connectivity index (χ0n) is 11.1. The van der Waals surface area contributed by atoms with E-state index in [-0.39, 0.29) is 0 Å². The van der Waals surface area contributed by atoms with Gasteiger partial charge in [-0.05, 0) is 24.3 Å². The van der Waals surface area contributed by atoms with Gasteiger partial charge in [0.2, 0.25) is 0 Å². The van der Waals surface area contributed by atoms with Crippen LogP contribution in [0.4, 0.5) is 19.0 Å². The number of nitrogen functional groups attached to an aromatic ring is 1. The second-order valence-corrected chi connectivity index (χ2v) is 5.42. The summed E-state index contributed by atoms with van der Waals surface area (Å²) >= 11 is 1.29. The molecule has 0 aliphatic carbocycles. The average Bonchev–Trinajstić information content (AvgIpc) is 2.86. The molecule has 3 N–H and O–H groups in total. The minimum Gasteiger partial charge on any atom is -0.384 e. The van der Waals surface area contributed by atoms with Crippen LogP contribution in [0.3, 0.4) is 0 Å².